The van der Waals surface area contributed by atoms with Gasteiger partial charge in [0.2, 0.25) is 0 Å². The molecule has 3 N–H and O–H groups in total. The van der Waals surface area contributed by atoms with Crippen LogP contribution in [0.1, 0.15) is 10.4 Å². The Bertz CT molecular complexity index is 1030. The highest BCUT2D eigenvalue weighted by atomic mass is 16.1. The van der Waals surface area contributed by atoms with Crippen molar-refractivity contribution in [3.63, 3.8) is 0 Å². The van der Waals surface area contributed by atoms with Crippen molar-refractivity contribution in [2.45, 2.75) is 0 Å². The van der Waals surface area contributed by atoms with Crippen LogP contribution in [0.5, 0.6) is 0 Å². The Hall–Kier alpha value is -3.93. The van der Waals surface area contributed by atoms with Gasteiger partial charge in [0.05, 0.1) is 29.3 Å². The zero-order valence-corrected chi connectivity index (χ0v) is 14.4. The third-order valence-corrected chi connectivity index (χ3v) is 4.01. The highest BCUT2D eigenvalue weighted by Crippen LogP contribution is 2.22. The van der Waals surface area contributed by atoms with Gasteiger partial charge in [-0.2, -0.15) is 5.10 Å². The van der Waals surface area contributed by atoms with Crippen molar-refractivity contribution < 1.29 is 4.79 Å². The summed E-state index contributed by atoms with van der Waals surface area (Å²) in [4.78, 5) is 17.0. The van der Waals surface area contributed by atoms with Gasteiger partial charge in [0.15, 0.2) is 0 Å². The summed E-state index contributed by atoms with van der Waals surface area (Å²) >= 11 is 0. The second-order valence-electron chi connectivity index (χ2n) is 5.90. The number of carbonyl (C=O) groups is 1. The Balaban J connectivity index is 1.47. The molecule has 0 aliphatic carbocycles. The molecule has 0 unspecified atom stereocenters. The number of aromatic nitrogens is 3. The van der Waals surface area contributed by atoms with Crippen molar-refractivity contribution in [1.82, 2.24) is 15.2 Å². The predicted octanol–water partition coefficient (Wildman–Crippen LogP) is 4.47. The summed E-state index contributed by atoms with van der Waals surface area (Å²) in [7, 11) is 0. The van der Waals surface area contributed by atoms with E-state index in [4.69, 9.17) is 0 Å². The fraction of sp³-hybridized carbons (Fsp3) is 0. The number of rotatable bonds is 5. The molecule has 6 heteroatoms. The first-order valence-corrected chi connectivity index (χ1v) is 8.48. The summed E-state index contributed by atoms with van der Waals surface area (Å²) in [5, 5.41) is 13.0. The minimum absolute atomic E-state index is 0.242. The van der Waals surface area contributed by atoms with E-state index in [9.17, 15) is 4.79 Å². The van der Waals surface area contributed by atoms with Crippen LogP contribution in [0.4, 0.5) is 17.2 Å². The minimum Gasteiger partial charge on any atom is -0.340 e. The quantitative estimate of drug-likeness (QED) is 0.493. The summed E-state index contributed by atoms with van der Waals surface area (Å²) in [5.41, 5.74) is 3.63. The maximum absolute atomic E-state index is 12.6. The maximum Gasteiger partial charge on any atom is 0.259 e. The van der Waals surface area contributed by atoms with Crippen LogP contribution in [0.2, 0.25) is 0 Å². The third-order valence-electron chi connectivity index (χ3n) is 4.01. The number of carbonyl (C=O) groups excluding carboxylic acids is 1. The molecule has 0 saturated carbocycles. The zero-order chi connectivity index (χ0) is 18.5. The normalized spacial score (nSPS) is 10.4. The number of pyridine rings is 1. The van der Waals surface area contributed by atoms with Crippen LogP contribution in [-0.4, -0.2) is 21.1 Å². The molecule has 4 aromatic rings. The molecule has 0 radical (unpaired) electrons. The van der Waals surface area contributed by atoms with Crippen LogP contribution in [0.25, 0.3) is 11.3 Å². The summed E-state index contributed by atoms with van der Waals surface area (Å²) < 4.78 is 0. The number of aromatic amines is 1. The standard InChI is InChI=1S/C21H17N5O/c27-21(18-14-23-26-20(18)15-7-3-1-4-8-15)25-17-11-12-19(22-13-17)24-16-9-5-2-6-10-16/h1-14H,(H,22,24)(H,23,26)(H,25,27). The summed E-state index contributed by atoms with van der Waals surface area (Å²) in [6.45, 7) is 0. The van der Waals surface area contributed by atoms with E-state index in [1.54, 1.807) is 12.3 Å². The van der Waals surface area contributed by atoms with Gasteiger partial charge in [-0.05, 0) is 24.3 Å². The average Bonchev–Trinajstić information content (AvgIpc) is 3.21. The van der Waals surface area contributed by atoms with E-state index in [0.29, 0.717) is 22.8 Å². The highest BCUT2D eigenvalue weighted by Gasteiger charge is 2.15. The monoisotopic (exact) mass is 355 g/mol. The number of amides is 1. The van der Waals surface area contributed by atoms with Crippen LogP contribution >= 0.6 is 0 Å². The molecule has 0 spiro atoms. The number of nitrogens with zero attached hydrogens (tertiary/aromatic N) is 2. The molecule has 6 nitrogen and oxygen atoms in total. The fourth-order valence-corrected chi connectivity index (χ4v) is 2.69. The van der Waals surface area contributed by atoms with Gasteiger partial charge in [0.1, 0.15) is 5.82 Å². The van der Waals surface area contributed by atoms with Crippen LogP contribution in [0.3, 0.4) is 0 Å². The number of anilines is 3. The van der Waals surface area contributed by atoms with E-state index in [2.05, 4.69) is 25.8 Å². The van der Waals surface area contributed by atoms with Crippen molar-refractivity contribution in [2.75, 3.05) is 10.6 Å². The van der Waals surface area contributed by atoms with E-state index in [0.717, 1.165) is 11.3 Å². The average molecular weight is 355 g/mol. The van der Waals surface area contributed by atoms with E-state index in [-0.39, 0.29) is 5.91 Å². The number of H-pyrrole nitrogens is 1. The van der Waals surface area contributed by atoms with E-state index in [1.807, 2.05) is 66.7 Å². The van der Waals surface area contributed by atoms with Crippen LogP contribution in [0.15, 0.2) is 85.2 Å². The lowest BCUT2D eigenvalue weighted by atomic mass is 10.1. The SMILES string of the molecule is O=C(Nc1ccc(Nc2ccccc2)nc1)c1cn[nH]c1-c1ccccc1. The molecule has 2 aromatic carbocycles. The smallest absolute Gasteiger partial charge is 0.259 e. The lowest BCUT2D eigenvalue weighted by molar-refractivity contribution is 0.102. The van der Waals surface area contributed by atoms with E-state index >= 15 is 0 Å². The highest BCUT2D eigenvalue weighted by molar-refractivity contribution is 6.07. The molecule has 132 valence electrons. The van der Waals surface area contributed by atoms with Crippen molar-refractivity contribution in [2.24, 2.45) is 0 Å². The van der Waals surface area contributed by atoms with Gasteiger partial charge in [-0.3, -0.25) is 9.89 Å². The zero-order valence-electron chi connectivity index (χ0n) is 14.4. The topological polar surface area (TPSA) is 82.7 Å². The molecule has 0 fully saturated rings. The molecular weight excluding hydrogens is 338 g/mol. The second kappa shape index (κ2) is 7.53. The third kappa shape index (κ3) is 3.85. The predicted molar refractivity (Wildman–Crippen MR) is 106 cm³/mol. The molecule has 4 rings (SSSR count). The van der Waals surface area contributed by atoms with Gasteiger partial charge in [0.25, 0.3) is 5.91 Å². The first-order chi connectivity index (χ1) is 13.3. The van der Waals surface area contributed by atoms with Crippen molar-refractivity contribution in [3.05, 3.63) is 90.8 Å². The molecule has 2 aromatic heterocycles. The van der Waals surface area contributed by atoms with Gasteiger partial charge < -0.3 is 10.6 Å². The molecule has 2 heterocycles. The lowest BCUT2D eigenvalue weighted by Gasteiger charge is -2.08. The van der Waals surface area contributed by atoms with Gasteiger partial charge >= 0.3 is 0 Å². The molecule has 0 atom stereocenters. The van der Waals surface area contributed by atoms with Crippen LogP contribution in [-0.2, 0) is 0 Å². The number of hydrogen-bond donors (Lipinski definition) is 3. The van der Waals surface area contributed by atoms with Crippen LogP contribution in [0, 0.1) is 0 Å². The Morgan fingerprint density at radius 1 is 0.815 bits per heavy atom. The molecule has 1 amide bonds. The maximum atomic E-state index is 12.6. The first-order valence-electron chi connectivity index (χ1n) is 8.48. The molecule has 0 aliphatic rings. The Morgan fingerprint density at radius 2 is 1.56 bits per heavy atom. The van der Waals surface area contributed by atoms with Gasteiger partial charge in [0, 0.05) is 11.3 Å². The molecule has 0 aliphatic heterocycles. The van der Waals surface area contributed by atoms with Gasteiger partial charge in [-0.25, -0.2) is 4.98 Å². The second-order valence-corrected chi connectivity index (χ2v) is 5.90. The van der Waals surface area contributed by atoms with Crippen molar-refractivity contribution in [3.8, 4) is 11.3 Å². The summed E-state index contributed by atoms with van der Waals surface area (Å²) in [6, 6.07) is 23.0. The van der Waals surface area contributed by atoms with Crippen LogP contribution < -0.4 is 10.6 Å². The number of nitrogens with one attached hydrogen (secondary N) is 3. The summed E-state index contributed by atoms with van der Waals surface area (Å²) in [6.07, 6.45) is 3.14. The lowest BCUT2D eigenvalue weighted by Crippen LogP contribution is -2.12. The largest absolute Gasteiger partial charge is 0.340 e. The Morgan fingerprint density at radius 3 is 2.26 bits per heavy atom. The molecular formula is C21H17N5O. The minimum atomic E-state index is -0.242. The van der Waals surface area contributed by atoms with E-state index < -0.39 is 0 Å². The van der Waals surface area contributed by atoms with Crippen molar-refractivity contribution in [1.29, 1.82) is 0 Å². The number of hydrogen-bond acceptors (Lipinski definition) is 4. The number of benzene rings is 2. The van der Waals surface area contributed by atoms with Gasteiger partial charge in [-0.15, -0.1) is 0 Å². The summed E-state index contributed by atoms with van der Waals surface area (Å²) in [5.74, 6) is 0.459. The Labute approximate surface area is 156 Å². The molecule has 27 heavy (non-hydrogen) atoms. The molecule has 0 saturated heterocycles. The van der Waals surface area contributed by atoms with Crippen molar-refractivity contribution >= 4 is 23.1 Å². The van der Waals surface area contributed by atoms with Gasteiger partial charge in [-0.1, -0.05) is 48.5 Å². The Kier molecular flexibility index (Phi) is 4.61. The first kappa shape index (κ1) is 16.5. The van der Waals surface area contributed by atoms with E-state index in [1.165, 1.54) is 6.20 Å². The number of para-hydroxylation sites is 1. The molecule has 0 bridgehead atoms. The fourth-order valence-electron chi connectivity index (χ4n) is 2.69.